The third kappa shape index (κ3) is 4.01. The van der Waals surface area contributed by atoms with Crippen molar-refractivity contribution in [3.05, 3.63) is 47.1 Å². The fourth-order valence-corrected chi connectivity index (χ4v) is 4.91. The maximum Gasteiger partial charge on any atom is 0.267 e. The van der Waals surface area contributed by atoms with Gasteiger partial charge in [0.15, 0.2) is 5.82 Å². The second-order valence-electron chi connectivity index (χ2n) is 8.55. The fourth-order valence-electron chi connectivity index (χ4n) is 4.91. The Morgan fingerprint density at radius 3 is 2.84 bits per heavy atom. The Bertz CT molecular complexity index is 1090. The summed E-state index contributed by atoms with van der Waals surface area (Å²) in [7, 11) is 0. The van der Waals surface area contributed by atoms with Crippen LogP contribution in [-0.4, -0.2) is 54.7 Å². The summed E-state index contributed by atoms with van der Waals surface area (Å²) in [6, 6.07) is 5.38. The maximum absolute atomic E-state index is 12.5. The first-order valence-corrected chi connectivity index (χ1v) is 11.3. The number of rotatable bonds is 5. The van der Waals surface area contributed by atoms with Gasteiger partial charge in [0.25, 0.3) is 5.56 Å². The van der Waals surface area contributed by atoms with Crippen LogP contribution < -0.4 is 15.8 Å². The number of aliphatic hydroxyl groups is 1. The summed E-state index contributed by atoms with van der Waals surface area (Å²) in [5.74, 6) is 1.62. The highest BCUT2D eigenvalue weighted by Crippen LogP contribution is 2.28. The van der Waals surface area contributed by atoms with Crippen molar-refractivity contribution in [1.29, 1.82) is 0 Å². The molecule has 3 unspecified atom stereocenters. The molecule has 5 rings (SSSR count). The Labute approximate surface area is 180 Å². The molecule has 0 amide bonds. The molecule has 0 aromatic carbocycles. The number of hydrogen-bond acceptors (Lipinski definition) is 7. The third-order valence-corrected chi connectivity index (χ3v) is 6.57. The van der Waals surface area contributed by atoms with E-state index in [0.29, 0.717) is 0 Å². The Morgan fingerprint density at radius 2 is 1.94 bits per heavy atom. The largest absolute Gasteiger partial charge is 0.391 e. The van der Waals surface area contributed by atoms with Crippen LogP contribution in [0, 0.1) is 0 Å². The first kappa shape index (κ1) is 20.0. The molecular weight excluding hydrogens is 394 g/mol. The molecule has 3 atom stereocenters. The van der Waals surface area contributed by atoms with E-state index in [1.54, 1.807) is 23.0 Å². The molecule has 3 aromatic heterocycles. The van der Waals surface area contributed by atoms with Crippen molar-refractivity contribution in [2.75, 3.05) is 23.3 Å². The zero-order valence-corrected chi connectivity index (χ0v) is 17.6. The lowest BCUT2D eigenvalue weighted by Crippen LogP contribution is -2.45. The molecule has 2 N–H and O–H groups in total. The molecule has 1 saturated carbocycles. The molecule has 9 nitrogen and oxygen atoms in total. The third-order valence-electron chi connectivity index (χ3n) is 6.57. The SMILES string of the molecule is O=c1ccc(N2CCCCC2CNc2nccn3nccc23)nn1C1CCCCC1O. The first-order valence-electron chi connectivity index (χ1n) is 11.3. The number of nitrogens with zero attached hydrogens (tertiary/aromatic N) is 6. The van der Waals surface area contributed by atoms with Gasteiger partial charge in [-0.2, -0.15) is 10.2 Å². The number of hydrogen-bond donors (Lipinski definition) is 2. The molecule has 31 heavy (non-hydrogen) atoms. The Balaban J connectivity index is 1.37. The van der Waals surface area contributed by atoms with E-state index in [1.165, 1.54) is 4.68 Å². The lowest BCUT2D eigenvalue weighted by atomic mass is 9.93. The molecule has 9 heteroatoms. The van der Waals surface area contributed by atoms with Crippen molar-refractivity contribution in [3.63, 3.8) is 0 Å². The smallest absolute Gasteiger partial charge is 0.267 e. The van der Waals surface area contributed by atoms with E-state index < -0.39 is 6.10 Å². The van der Waals surface area contributed by atoms with Gasteiger partial charge in [-0.25, -0.2) is 14.2 Å². The van der Waals surface area contributed by atoms with Crippen LogP contribution in [0.25, 0.3) is 5.52 Å². The van der Waals surface area contributed by atoms with E-state index in [9.17, 15) is 9.90 Å². The Hall–Kier alpha value is -2.94. The van der Waals surface area contributed by atoms with Crippen LogP contribution in [0.2, 0.25) is 0 Å². The van der Waals surface area contributed by atoms with Crippen LogP contribution in [0.3, 0.4) is 0 Å². The van der Waals surface area contributed by atoms with Gasteiger partial charge in [0.2, 0.25) is 0 Å². The predicted molar refractivity (Wildman–Crippen MR) is 118 cm³/mol. The zero-order chi connectivity index (χ0) is 21.2. The number of anilines is 2. The monoisotopic (exact) mass is 423 g/mol. The van der Waals surface area contributed by atoms with Crippen LogP contribution >= 0.6 is 0 Å². The van der Waals surface area contributed by atoms with Crippen molar-refractivity contribution >= 4 is 17.2 Å². The number of nitrogens with one attached hydrogen (secondary N) is 1. The van der Waals surface area contributed by atoms with Gasteiger partial charge < -0.3 is 15.3 Å². The van der Waals surface area contributed by atoms with Gasteiger partial charge in [0.1, 0.15) is 11.3 Å². The predicted octanol–water partition coefficient (Wildman–Crippen LogP) is 2.23. The van der Waals surface area contributed by atoms with E-state index in [2.05, 4.69) is 20.3 Å². The highest BCUT2D eigenvalue weighted by molar-refractivity contribution is 5.66. The highest BCUT2D eigenvalue weighted by atomic mass is 16.3. The van der Waals surface area contributed by atoms with Gasteiger partial charge >= 0.3 is 0 Å². The van der Waals surface area contributed by atoms with E-state index >= 15 is 0 Å². The molecule has 4 heterocycles. The molecule has 1 aliphatic carbocycles. The fraction of sp³-hybridized carbons (Fsp3) is 0.545. The highest BCUT2D eigenvalue weighted by Gasteiger charge is 2.29. The van der Waals surface area contributed by atoms with Crippen molar-refractivity contribution in [2.24, 2.45) is 0 Å². The summed E-state index contributed by atoms with van der Waals surface area (Å²) in [5.41, 5.74) is 0.806. The normalized spacial score (nSPS) is 24.4. The summed E-state index contributed by atoms with van der Waals surface area (Å²) in [5, 5.41) is 22.9. The minimum Gasteiger partial charge on any atom is -0.391 e. The Morgan fingerprint density at radius 1 is 1.06 bits per heavy atom. The second-order valence-corrected chi connectivity index (χ2v) is 8.55. The van der Waals surface area contributed by atoms with Crippen molar-refractivity contribution < 1.29 is 5.11 Å². The molecule has 2 fully saturated rings. The number of fused-ring (bicyclic) bond motifs is 1. The van der Waals surface area contributed by atoms with Gasteiger partial charge in [-0.15, -0.1) is 0 Å². The maximum atomic E-state index is 12.5. The minimum absolute atomic E-state index is 0.141. The standard InChI is InChI=1S/C22H29N7O2/c30-19-7-2-1-6-17(19)29-21(31)9-8-20(26-29)27-13-4-3-5-16(27)15-24-22-18-10-11-25-28(18)14-12-23-22/h8-12,14,16-17,19,30H,1-7,13,15H2,(H,23,24). The van der Waals surface area contributed by atoms with Crippen molar-refractivity contribution in [1.82, 2.24) is 24.4 Å². The average molecular weight is 424 g/mol. The lowest BCUT2D eigenvalue weighted by Gasteiger charge is -2.37. The van der Waals surface area contributed by atoms with Gasteiger partial charge in [-0.3, -0.25) is 4.79 Å². The molecule has 2 aliphatic rings. The van der Waals surface area contributed by atoms with Gasteiger partial charge in [-0.05, 0) is 44.2 Å². The molecule has 0 bridgehead atoms. The minimum atomic E-state index is -0.504. The summed E-state index contributed by atoms with van der Waals surface area (Å²) in [6.45, 7) is 1.62. The quantitative estimate of drug-likeness (QED) is 0.649. The van der Waals surface area contributed by atoms with Crippen LogP contribution in [0.5, 0.6) is 0 Å². The number of aliphatic hydroxyl groups excluding tert-OH is 1. The van der Waals surface area contributed by atoms with E-state index in [0.717, 1.165) is 75.2 Å². The van der Waals surface area contributed by atoms with E-state index in [-0.39, 0.29) is 17.6 Å². The molecule has 1 saturated heterocycles. The topological polar surface area (TPSA) is 101 Å². The molecule has 164 valence electrons. The molecule has 1 aliphatic heterocycles. The average Bonchev–Trinajstić information content (AvgIpc) is 3.28. The van der Waals surface area contributed by atoms with Crippen molar-refractivity contribution in [2.45, 2.75) is 63.1 Å². The van der Waals surface area contributed by atoms with Gasteiger partial charge in [-0.1, -0.05) is 12.8 Å². The summed E-state index contributed by atoms with van der Waals surface area (Å²) >= 11 is 0. The molecule has 3 aromatic rings. The van der Waals surface area contributed by atoms with Gasteiger partial charge in [0, 0.05) is 37.6 Å². The van der Waals surface area contributed by atoms with Crippen molar-refractivity contribution in [3.8, 4) is 0 Å². The number of piperidine rings is 1. The van der Waals surface area contributed by atoms with Crippen LogP contribution in [0.4, 0.5) is 11.6 Å². The zero-order valence-electron chi connectivity index (χ0n) is 17.6. The second kappa shape index (κ2) is 8.66. The summed E-state index contributed by atoms with van der Waals surface area (Å²) in [4.78, 5) is 19.3. The Kier molecular flexibility index (Phi) is 5.59. The lowest BCUT2D eigenvalue weighted by molar-refractivity contribution is 0.0669. The van der Waals surface area contributed by atoms with E-state index in [4.69, 9.17) is 5.10 Å². The summed E-state index contributed by atoms with van der Waals surface area (Å²) in [6.07, 6.45) is 11.7. The first-order chi connectivity index (χ1) is 15.2. The molecular formula is C22H29N7O2. The number of aromatic nitrogens is 5. The molecule has 0 spiro atoms. The summed E-state index contributed by atoms with van der Waals surface area (Å²) < 4.78 is 3.33. The van der Waals surface area contributed by atoms with E-state index in [1.807, 2.05) is 18.3 Å². The van der Waals surface area contributed by atoms with Crippen LogP contribution in [-0.2, 0) is 0 Å². The molecule has 0 radical (unpaired) electrons. The van der Waals surface area contributed by atoms with Crippen LogP contribution in [0.1, 0.15) is 51.0 Å². The van der Waals surface area contributed by atoms with Gasteiger partial charge in [0.05, 0.1) is 18.3 Å². The van der Waals surface area contributed by atoms with Crippen LogP contribution in [0.15, 0.2) is 41.6 Å².